The molecule has 3 aliphatic rings. The third-order valence-corrected chi connectivity index (χ3v) is 7.98. The molecule has 8 nitrogen and oxygen atoms in total. The average molecular weight is 540 g/mol. The fraction of sp³-hybridized carbons (Fsp3) is 0.333. The van der Waals surface area contributed by atoms with Gasteiger partial charge in [0, 0.05) is 43.4 Å². The fourth-order valence-electron chi connectivity index (χ4n) is 4.60. The minimum atomic E-state index is -0.370. The molecule has 1 atom stereocenters. The van der Waals surface area contributed by atoms with Crippen LogP contribution in [0.1, 0.15) is 34.3 Å². The SMILES string of the molecule is O=C(c1ccc(/C=C2\SC(=O)N(Cc3ccccc3Cl)C2=O)cc1)N1CCN(C(=O)C2CCCO2)CC1. The van der Waals surface area contributed by atoms with E-state index in [1.54, 1.807) is 58.3 Å². The van der Waals surface area contributed by atoms with Gasteiger partial charge in [-0.1, -0.05) is 41.9 Å². The van der Waals surface area contributed by atoms with Gasteiger partial charge in [-0.3, -0.25) is 24.1 Å². The molecule has 0 spiro atoms. The van der Waals surface area contributed by atoms with Crippen molar-refractivity contribution in [2.45, 2.75) is 25.5 Å². The topological polar surface area (TPSA) is 87.2 Å². The van der Waals surface area contributed by atoms with Gasteiger partial charge in [0.25, 0.3) is 23.0 Å². The highest BCUT2D eigenvalue weighted by Gasteiger charge is 2.35. The largest absolute Gasteiger partial charge is 0.368 e. The first-order valence-corrected chi connectivity index (χ1v) is 13.4. The second-order valence-electron chi connectivity index (χ2n) is 9.10. The van der Waals surface area contributed by atoms with Crippen molar-refractivity contribution in [2.24, 2.45) is 0 Å². The van der Waals surface area contributed by atoms with Crippen LogP contribution in [0.4, 0.5) is 4.79 Å². The molecule has 0 aromatic heterocycles. The standard InChI is InChI=1S/C27H26ClN3O5S/c28-21-5-2-1-4-20(21)17-31-26(34)23(37-27(31)35)16-18-7-9-19(10-8-18)24(32)29-11-13-30(14-12-29)25(33)22-6-3-15-36-22/h1-2,4-5,7-10,16,22H,3,6,11-15,17H2/b23-16-. The molecule has 0 bridgehead atoms. The molecular formula is C27H26ClN3O5S. The van der Waals surface area contributed by atoms with Crippen LogP contribution >= 0.6 is 23.4 Å². The minimum Gasteiger partial charge on any atom is -0.368 e. The summed E-state index contributed by atoms with van der Waals surface area (Å²) in [6.07, 6.45) is 2.98. The zero-order valence-electron chi connectivity index (χ0n) is 20.1. The maximum Gasteiger partial charge on any atom is 0.293 e. The van der Waals surface area contributed by atoms with Gasteiger partial charge in [0.05, 0.1) is 11.4 Å². The highest BCUT2D eigenvalue weighted by atomic mass is 35.5. The van der Waals surface area contributed by atoms with Crippen molar-refractivity contribution < 1.29 is 23.9 Å². The Morgan fingerprint density at radius 3 is 2.38 bits per heavy atom. The number of nitrogens with zero attached hydrogens (tertiary/aromatic N) is 3. The second kappa shape index (κ2) is 11.1. The molecule has 2 aromatic rings. The van der Waals surface area contributed by atoms with Crippen molar-refractivity contribution in [3.8, 4) is 0 Å². The Balaban J connectivity index is 1.19. The van der Waals surface area contributed by atoms with Gasteiger partial charge in [-0.15, -0.1) is 0 Å². The summed E-state index contributed by atoms with van der Waals surface area (Å²) in [6.45, 7) is 2.67. The number of carbonyl (C=O) groups excluding carboxylic acids is 4. The number of rotatable bonds is 5. The maximum absolute atomic E-state index is 13.0. The van der Waals surface area contributed by atoms with E-state index in [2.05, 4.69) is 0 Å². The Bertz CT molecular complexity index is 1250. The van der Waals surface area contributed by atoms with Crippen LogP contribution in [0.15, 0.2) is 53.4 Å². The number of benzene rings is 2. The van der Waals surface area contributed by atoms with Gasteiger partial charge in [0.15, 0.2) is 0 Å². The van der Waals surface area contributed by atoms with Crippen LogP contribution in [0.2, 0.25) is 5.02 Å². The van der Waals surface area contributed by atoms with Crippen molar-refractivity contribution in [3.63, 3.8) is 0 Å². The van der Waals surface area contributed by atoms with Crippen LogP contribution in [0, 0.1) is 0 Å². The number of imide groups is 1. The lowest BCUT2D eigenvalue weighted by atomic mass is 10.1. The number of carbonyl (C=O) groups is 4. The Kier molecular flexibility index (Phi) is 7.64. The summed E-state index contributed by atoms with van der Waals surface area (Å²) >= 11 is 7.07. The first-order chi connectivity index (χ1) is 17.9. The van der Waals surface area contributed by atoms with Gasteiger partial charge >= 0.3 is 0 Å². The Morgan fingerprint density at radius 1 is 1.00 bits per heavy atom. The van der Waals surface area contributed by atoms with Crippen LogP contribution in [-0.4, -0.2) is 76.6 Å². The number of thioether (sulfide) groups is 1. The number of piperazine rings is 1. The molecule has 0 radical (unpaired) electrons. The Labute approximate surface area is 224 Å². The summed E-state index contributed by atoms with van der Waals surface area (Å²) in [5.41, 5.74) is 1.95. The van der Waals surface area contributed by atoms with E-state index in [0.717, 1.165) is 24.6 Å². The van der Waals surface area contributed by atoms with E-state index in [1.165, 1.54) is 4.90 Å². The lowest BCUT2D eigenvalue weighted by Gasteiger charge is -2.35. The smallest absolute Gasteiger partial charge is 0.293 e. The van der Waals surface area contributed by atoms with Gasteiger partial charge in [-0.05, 0) is 60.0 Å². The molecule has 10 heteroatoms. The molecule has 37 heavy (non-hydrogen) atoms. The predicted octanol–water partition coefficient (Wildman–Crippen LogP) is 4.04. The Hall–Kier alpha value is -3.14. The molecule has 1 unspecified atom stereocenters. The molecule has 3 heterocycles. The molecule has 5 rings (SSSR count). The van der Waals surface area contributed by atoms with E-state index in [1.807, 2.05) is 6.07 Å². The first kappa shape index (κ1) is 25.5. The minimum absolute atomic E-state index is 0.0187. The van der Waals surface area contributed by atoms with Gasteiger partial charge in [0.2, 0.25) is 0 Å². The molecule has 0 N–H and O–H groups in total. The molecular weight excluding hydrogens is 514 g/mol. The molecule has 4 amide bonds. The van der Waals surface area contributed by atoms with E-state index < -0.39 is 0 Å². The van der Waals surface area contributed by atoms with Gasteiger partial charge in [0.1, 0.15) is 6.10 Å². The van der Waals surface area contributed by atoms with E-state index in [4.69, 9.17) is 16.3 Å². The highest BCUT2D eigenvalue weighted by molar-refractivity contribution is 8.18. The summed E-state index contributed by atoms with van der Waals surface area (Å²) < 4.78 is 5.49. The van der Waals surface area contributed by atoms with Crippen molar-refractivity contribution in [1.29, 1.82) is 0 Å². The van der Waals surface area contributed by atoms with E-state index in [0.29, 0.717) is 59.4 Å². The highest BCUT2D eigenvalue weighted by Crippen LogP contribution is 2.34. The molecule has 0 saturated carbocycles. The maximum atomic E-state index is 13.0. The molecule has 3 aliphatic heterocycles. The molecule has 0 aliphatic carbocycles. The van der Waals surface area contributed by atoms with Crippen LogP contribution in [0.5, 0.6) is 0 Å². The number of halogens is 1. The molecule has 3 saturated heterocycles. The quantitative estimate of drug-likeness (QED) is 0.533. The molecule has 192 valence electrons. The zero-order valence-corrected chi connectivity index (χ0v) is 21.7. The van der Waals surface area contributed by atoms with Crippen molar-refractivity contribution in [1.82, 2.24) is 14.7 Å². The number of hydrogen-bond acceptors (Lipinski definition) is 6. The van der Waals surface area contributed by atoms with Crippen molar-refractivity contribution >= 4 is 52.4 Å². The van der Waals surface area contributed by atoms with Crippen LogP contribution in [-0.2, 0) is 20.9 Å². The molecule has 2 aromatic carbocycles. The third kappa shape index (κ3) is 5.58. The lowest BCUT2D eigenvalue weighted by Crippen LogP contribution is -2.52. The summed E-state index contributed by atoms with van der Waals surface area (Å²) in [4.78, 5) is 55.9. The summed E-state index contributed by atoms with van der Waals surface area (Å²) in [6, 6.07) is 14.1. The first-order valence-electron chi connectivity index (χ1n) is 12.2. The van der Waals surface area contributed by atoms with E-state index >= 15 is 0 Å². The van der Waals surface area contributed by atoms with Gasteiger partial charge < -0.3 is 14.5 Å². The monoisotopic (exact) mass is 539 g/mol. The summed E-state index contributed by atoms with van der Waals surface area (Å²) in [5, 5.41) is 0.154. The van der Waals surface area contributed by atoms with Gasteiger partial charge in [-0.25, -0.2) is 0 Å². The zero-order chi connectivity index (χ0) is 25.9. The summed E-state index contributed by atoms with van der Waals surface area (Å²) in [7, 11) is 0. The Morgan fingerprint density at radius 2 is 1.70 bits per heavy atom. The van der Waals surface area contributed by atoms with Crippen LogP contribution in [0.25, 0.3) is 6.08 Å². The average Bonchev–Trinajstić information content (AvgIpc) is 3.54. The van der Waals surface area contributed by atoms with Crippen molar-refractivity contribution in [2.75, 3.05) is 32.8 Å². The number of amides is 4. The number of hydrogen-bond donors (Lipinski definition) is 0. The van der Waals surface area contributed by atoms with Crippen molar-refractivity contribution in [3.05, 3.63) is 75.1 Å². The number of ether oxygens (including phenoxy) is 1. The van der Waals surface area contributed by atoms with E-state index in [-0.39, 0.29) is 35.6 Å². The van der Waals surface area contributed by atoms with E-state index in [9.17, 15) is 19.2 Å². The van der Waals surface area contributed by atoms with Gasteiger partial charge in [-0.2, -0.15) is 0 Å². The van der Waals surface area contributed by atoms with Crippen LogP contribution < -0.4 is 0 Å². The molecule has 3 fully saturated rings. The summed E-state index contributed by atoms with van der Waals surface area (Å²) in [5.74, 6) is -0.452. The fourth-order valence-corrected chi connectivity index (χ4v) is 5.63. The third-order valence-electron chi connectivity index (χ3n) is 6.70. The van der Waals surface area contributed by atoms with Crippen LogP contribution in [0.3, 0.4) is 0 Å². The predicted molar refractivity (Wildman–Crippen MR) is 141 cm³/mol. The second-order valence-corrected chi connectivity index (χ2v) is 10.5. The normalized spacial score (nSPS) is 21.3. The lowest BCUT2D eigenvalue weighted by molar-refractivity contribution is -0.142.